The monoisotopic (exact) mass is 349 g/mol. The van der Waals surface area contributed by atoms with Crippen LogP contribution in [-0.2, 0) is 11.2 Å². The number of amides is 1. The van der Waals surface area contributed by atoms with Crippen molar-refractivity contribution in [2.45, 2.75) is 26.7 Å². The molecular formula is C17H20ClN3O3. The molecule has 2 aromatic rings. The fourth-order valence-electron chi connectivity index (χ4n) is 2.58. The van der Waals surface area contributed by atoms with Gasteiger partial charge in [0.15, 0.2) is 0 Å². The fraction of sp³-hybridized carbons (Fsp3) is 0.353. The third kappa shape index (κ3) is 3.76. The van der Waals surface area contributed by atoms with Crippen LogP contribution in [0.2, 0.25) is 5.02 Å². The average Bonchev–Trinajstić information content (AvgIpc) is 2.97. The molecule has 128 valence electrons. The van der Waals surface area contributed by atoms with Gasteiger partial charge in [0.1, 0.15) is 6.54 Å². The van der Waals surface area contributed by atoms with Gasteiger partial charge in [-0.25, -0.2) is 4.68 Å². The molecule has 1 aromatic carbocycles. The van der Waals surface area contributed by atoms with Gasteiger partial charge in [-0.3, -0.25) is 9.59 Å². The van der Waals surface area contributed by atoms with E-state index in [-0.39, 0.29) is 12.5 Å². The molecule has 0 spiro atoms. The Hall–Kier alpha value is -2.34. The molecule has 0 aliphatic rings. The minimum Gasteiger partial charge on any atom is -0.480 e. The second kappa shape index (κ2) is 7.97. The second-order valence-electron chi connectivity index (χ2n) is 5.34. The number of aliphatic carboxylic acids is 1. The smallest absolute Gasteiger partial charge is 0.323 e. The lowest BCUT2D eigenvalue weighted by Gasteiger charge is -2.20. The first-order valence-corrected chi connectivity index (χ1v) is 8.20. The molecule has 0 bridgehead atoms. The zero-order chi connectivity index (χ0) is 17.7. The van der Waals surface area contributed by atoms with Crippen LogP contribution < -0.4 is 0 Å². The summed E-state index contributed by atoms with van der Waals surface area (Å²) in [6.07, 6.45) is 2.73. The van der Waals surface area contributed by atoms with Crippen molar-refractivity contribution >= 4 is 23.5 Å². The highest BCUT2D eigenvalue weighted by molar-refractivity contribution is 6.32. The van der Waals surface area contributed by atoms with Gasteiger partial charge < -0.3 is 10.0 Å². The Morgan fingerprint density at radius 2 is 2.00 bits per heavy atom. The summed E-state index contributed by atoms with van der Waals surface area (Å²) in [6, 6.07) is 7.25. The van der Waals surface area contributed by atoms with E-state index in [4.69, 9.17) is 16.7 Å². The van der Waals surface area contributed by atoms with Gasteiger partial charge in [0.2, 0.25) is 0 Å². The van der Waals surface area contributed by atoms with Crippen molar-refractivity contribution < 1.29 is 14.7 Å². The summed E-state index contributed by atoms with van der Waals surface area (Å²) in [4.78, 5) is 25.1. The number of carboxylic acid groups (broad SMARTS) is 1. The van der Waals surface area contributed by atoms with E-state index in [1.165, 1.54) is 11.1 Å². The van der Waals surface area contributed by atoms with E-state index in [0.717, 1.165) is 0 Å². The topological polar surface area (TPSA) is 75.4 Å². The maximum Gasteiger partial charge on any atom is 0.323 e. The van der Waals surface area contributed by atoms with Crippen molar-refractivity contribution in [2.75, 3.05) is 13.1 Å². The first-order chi connectivity index (χ1) is 11.5. The van der Waals surface area contributed by atoms with Crippen molar-refractivity contribution in [1.29, 1.82) is 0 Å². The lowest BCUT2D eigenvalue weighted by Crippen LogP contribution is -2.36. The molecule has 0 unspecified atom stereocenters. The summed E-state index contributed by atoms with van der Waals surface area (Å²) >= 11 is 6.22. The highest BCUT2D eigenvalue weighted by Gasteiger charge is 2.24. The third-order valence-electron chi connectivity index (χ3n) is 3.62. The molecule has 1 amide bonds. The van der Waals surface area contributed by atoms with E-state index >= 15 is 0 Å². The predicted molar refractivity (Wildman–Crippen MR) is 91.8 cm³/mol. The molecule has 24 heavy (non-hydrogen) atoms. The number of carboxylic acids is 1. The molecule has 0 atom stereocenters. The van der Waals surface area contributed by atoms with Gasteiger partial charge in [-0.05, 0) is 25.0 Å². The first kappa shape index (κ1) is 18.0. The number of hydrogen-bond donors (Lipinski definition) is 1. The Labute approximate surface area is 145 Å². The van der Waals surface area contributed by atoms with Crippen molar-refractivity contribution in [3.63, 3.8) is 0 Å². The zero-order valence-corrected chi connectivity index (χ0v) is 14.5. The van der Waals surface area contributed by atoms with E-state index in [0.29, 0.717) is 41.4 Å². The van der Waals surface area contributed by atoms with Crippen LogP contribution in [0, 0.1) is 0 Å². The SMILES string of the molecule is CCCN(CC(=O)O)C(=O)c1cnn(-c2ccccc2Cl)c1CC. The van der Waals surface area contributed by atoms with Gasteiger partial charge in [-0.2, -0.15) is 5.10 Å². The summed E-state index contributed by atoms with van der Waals surface area (Å²) in [6.45, 7) is 3.87. The van der Waals surface area contributed by atoms with Gasteiger partial charge in [-0.15, -0.1) is 0 Å². The van der Waals surface area contributed by atoms with Crippen LogP contribution in [0.5, 0.6) is 0 Å². The predicted octanol–water partition coefficient (Wildman–Crippen LogP) is 3.02. The van der Waals surface area contributed by atoms with E-state index in [1.54, 1.807) is 10.7 Å². The Kier molecular flexibility index (Phi) is 5.98. The number of benzene rings is 1. The van der Waals surface area contributed by atoms with Crippen molar-refractivity contribution in [3.8, 4) is 5.69 Å². The van der Waals surface area contributed by atoms with Crippen molar-refractivity contribution in [2.24, 2.45) is 0 Å². The summed E-state index contributed by atoms with van der Waals surface area (Å²) in [5.41, 5.74) is 1.81. The number of carbonyl (C=O) groups is 2. The molecule has 2 rings (SSSR count). The molecule has 0 aliphatic heterocycles. The molecule has 1 N–H and O–H groups in total. The summed E-state index contributed by atoms with van der Waals surface area (Å²) in [7, 11) is 0. The zero-order valence-electron chi connectivity index (χ0n) is 13.7. The number of para-hydroxylation sites is 1. The third-order valence-corrected chi connectivity index (χ3v) is 3.94. The lowest BCUT2D eigenvalue weighted by atomic mass is 10.1. The molecule has 1 aromatic heterocycles. The Morgan fingerprint density at radius 3 is 2.58 bits per heavy atom. The van der Waals surface area contributed by atoms with Gasteiger partial charge in [0.05, 0.1) is 28.2 Å². The standard InChI is InChI=1S/C17H20ClN3O3/c1-3-9-20(11-16(22)23)17(24)12-10-19-21(14(12)4-2)15-8-6-5-7-13(15)18/h5-8,10H,3-4,9,11H2,1-2H3,(H,22,23). The molecular weight excluding hydrogens is 330 g/mol. The highest BCUT2D eigenvalue weighted by atomic mass is 35.5. The van der Waals surface area contributed by atoms with Crippen LogP contribution >= 0.6 is 11.6 Å². The summed E-state index contributed by atoms with van der Waals surface area (Å²) < 4.78 is 1.64. The van der Waals surface area contributed by atoms with E-state index in [1.807, 2.05) is 32.0 Å². The van der Waals surface area contributed by atoms with Gasteiger partial charge in [0, 0.05) is 6.54 Å². The molecule has 7 heteroatoms. The maximum absolute atomic E-state index is 12.8. The van der Waals surface area contributed by atoms with Gasteiger partial charge in [-0.1, -0.05) is 37.6 Å². The number of nitrogens with zero attached hydrogens (tertiary/aromatic N) is 3. The molecule has 0 aliphatic carbocycles. The first-order valence-electron chi connectivity index (χ1n) is 7.82. The van der Waals surface area contributed by atoms with Crippen LogP contribution in [0.1, 0.15) is 36.3 Å². The minimum absolute atomic E-state index is 0.325. The summed E-state index contributed by atoms with van der Waals surface area (Å²) in [5.74, 6) is -1.36. The quantitative estimate of drug-likeness (QED) is 0.833. The van der Waals surface area contributed by atoms with Crippen LogP contribution in [0.25, 0.3) is 5.69 Å². The van der Waals surface area contributed by atoms with Crippen LogP contribution in [0.4, 0.5) is 0 Å². The molecule has 0 radical (unpaired) electrons. The normalized spacial score (nSPS) is 10.6. The molecule has 0 saturated heterocycles. The van der Waals surface area contributed by atoms with E-state index in [2.05, 4.69) is 5.10 Å². The number of aromatic nitrogens is 2. The Morgan fingerprint density at radius 1 is 1.29 bits per heavy atom. The van der Waals surface area contributed by atoms with Crippen molar-refractivity contribution in [3.05, 3.63) is 46.7 Å². The van der Waals surface area contributed by atoms with Crippen LogP contribution in [0.3, 0.4) is 0 Å². The molecule has 6 nitrogen and oxygen atoms in total. The number of halogens is 1. The number of hydrogen-bond acceptors (Lipinski definition) is 3. The van der Waals surface area contributed by atoms with Gasteiger partial charge in [0.25, 0.3) is 5.91 Å². The van der Waals surface area contributed by atoms with Crippen LogP contribution in [-0.4, -0.2) is 44.8 Å². The minimum atomic E-state index is -1.03. The Balaban J connectivity index is 2.43. The van der Waals surface area contributed by atoms with E-state index < -0.39 is 5.97 Å². The lowest BCUT2D eigenvalue weighted by molar-refractivity contribution is -0.137. The van der Waals surface area contributed by atoms with Crippen molar-refractivity contribution in [1.82, 2.24) is 14.7 Å². The van der Waals surface area contributed by atoms with Gasteiger partial charge >= 0.3 is 5.97 Å². The molecule has 0 saturated carbocycles. The maximum atomic E-state index is 12.8. The van der Waals surface area contributed by atoms with E-state index in [9.17, 15) is 9.59 Å². The largest absolute Gasteiger partial charge is 0.480 e. The summed E-state index contributed by atoms with van der Waals surface area (Å²) in [5, 5.41) is 13.9. The Bertz CT molecular complexity index is 742. The second-order valence-corrected chi connectivity index (χ2v) is 5.75. The highest BCUT2D eigenvalue weighted by Crippen LogP contribution is 2.23. The molecule has 0 fully saturated rings. The average molecular weight is 350 g/mol. The number of carbonyl (C=O) groups excluding carboxylic acids is 1. The fourth-order valence-corrected chi connectivity index (χ4v) is 2.80. The van der Waals surface area contributed by atoms with Crippen LogP contribution in [0.15, 0.2) is 30.5 Å². The molecule has 1 heterocycles. The number of rotatable bonds is 7.